The molecule has 3 N–H and O–H groups in total. The summed E-state index contributed by atoms with van der Waals surface area (Å²) >= 11 is 0. The van der Waals surface area contributed by atoms with Crippen LogP contribution in [-0.2, 0) is 14.8 Å². The fourth-order valence-corrected chi connectivity index (χ4v) is 4.16. The number of aliphatic hydroxyl groups excluding tert-OH is 1. The van der Waals surface area contributed by atoms with Gasteiger partial charge in [-0.15, -0.1) is 0 Å². The molecule has 116 valence electrons. The number of nitrogens with two attached hydrogens (primary N) is 1. The summed E-state index contributed by atoms with van der Waals surface area (Å²) in [7, 11) is -3.97. The molecule has 1 aliphatic rings. The second-order valence-corrected chi connectivity index (χ2v) is 6.98. The van der Waals surface area contributed by atoms with Crippen molar-refractivity contribution in [3.8, 4) is 0 Å². The minimum atomic E-state index is -3.97. The normalized spacial score (nSPS) is 24.5. The van der Waals surface area contributed by atoms with E-state index in [0.717, 1.165) is 4.31 Å². The van der Waals surface area contributed by atoms with Gasteiger partial charge in [0, 0.05) is 12.2 Å². The van der Waals surface area contributed by atoms with Crippen molar-refractivity contribution in [3.05, 3.63) is 23.9 Å². The highest BCUT2D eigenvalue weighted by Gasteiger charge is 2.40. The van der Waals surface area contributed by atoms with Crippen LogP contribution in [-0.4, -0.2) is 47.4 Å². The summed E-state index contributed by atoms with van der Waals surface area (Å²) in [5.41, 5.74) is 5.85. The Balaban J connectivity index is 2.47. The number of rotatable bonds is 3. The number of primary amides is 1. The van der Waals surface area contributed by atoms with Crippen LogP contribution in [0.2, 0.25) is 0 Å². The van der Waals surface area contributed by atoms with E-state index in [1.165, 1.54) is 6.07 Å². The summed E-state index contributed by atoms with van der Waals surface area (Å²) in [6.45, 7) is 1.82. The maximum Gasteiger partial charge on any atom is 0.261 e. The van der Waals surface area contributed by atoms with Gasteiger partial charge in [-0.05, 0) is 38.3 Å². The third-order valence-corrected chi connectivity index (χ3v) is 5.31. The Morgan fingerprint density at radius 2 is 2.14 bits per heavy atom. The molecule has 1 amide bonds. The van der Waals surface area contributed by atoms with E-state index in [0.29, 0.717) is 25.0 Å². The first kappa shape index (κ1) is 15.9. The average molecular weight is 313 g/mol. The van der Waals surface area contributed by atoms with Gasteiger partial charge in [0.15, 0.2) is 5.03 Å². The first-order chi connectivity index (χ1) is 9.84. The van der Waals surface area contributed by atoms with Crippen LogP contribution in [0.4, 0.5) is 0 Å². The SMILES string of the molecule is Cc1cccc(S(=O)(=O)N2CCCCC(O)C2C(N)=O)n1. The van der Waals surface area contributed by atoms with Crippen LogP contribution in [0.25, 0.3) is 0 Å². The fourth-order valence-electron chi connectivity index (χ4n) is 2.49. The summed E-state index contributed by atoms with van der Waals surface area (Å²) in [6, 6.07) is 3.39. The molecular weight excluding hydrogens is 294 g/mol. The molecule has 0 bridgehead atoms. The number of hydrogen-bond donors (Lipinski definition) is 2. The maximum absolute atomic E-state index is 12.7. The quantitative estimate of drug-likeness (QED) is 0.801. The van der Waals surface area contributed by atoms with E-state index in [4.69, 9.17) is 5.73 Å². The number of amides is 1. The van der Waals surface area contributed by atoms with Crippen LogP contribution < -0.4 is 5.73 Å². The fraction of sp³-hybridized carbons (Fsp3) is 0.538. The smallest absolute Gasteiger partial charge is 0.261 e. The van der Waals surface area contributed by atoms with E-state index in [2.05, 4.69) is 4.98 Å². The standard InChI is InChI=1S/C13H19N3O4S/c1-9-5-4-7-11(15-9)21(19,20)16-8-3-2-6-10(17)12(16)13(14)18/h4-5,7,10,12,17H,2-3,6,8H2,1H3,(H2,14,18). The second kappa shape index (κ2) is 6.08. The first-order valence-corrected chi connectivity index (χ1v) is 8.21. The third kappa shape index (κ3) is 3.22. The number of pyridine rings is 1. The molecule has 1 aromatic rings. The molecule has 8 heteroatoms. The highest BCUT2D eigenvalue weighted by molar-refractivity contribution is 7.89. The molecule has 0 aliphatic carbocycles. The molecule has 7 nitrogen and oxygen atoms in total. The minimum Gasteiger partial charge on any atom is -0.391 e. The van der Waals surface area contributed by atoms with Gasteiger partial charge >= 0.3 is 0 Å². The molecule has 2 unspecified atom stereocenters. The van der Waals surface area contributed by atoms with Crippen molar-refractivity contribution in [3.63, 3.8) is 0 Å². The van der Waals surface area contributed by atoms with Gasteiger partial charge in [-0.1, -0.05) is 6.07 Å². The lowest BCUT2D eigenvalue weighted by atomic mass is 10.1. The zero-order valence-electron chi connectivity index (χ0n) is 11.8. The molecule has 1 aromatic heterocycles. The maximum atomic E-state index is 12.7. The van der Waals surface area contributed by atoms with Crippen LogP contribution in [0.5, 0.6) is 0 Å². The molecule has 21 heavy (non-hydrogen) atoms. The van der Waals surface area contributed by atoms with Crippen molar-refractivity contribution in [1.29, 1.82) is 0 Å². The largest absolute Gasteiger partial charge is 0.391 e. The monoisotopic (exact) mass is 313 g/mol. The van der Waals surface area contributed by atoms with Crippen LogP contribution in [0.3, 0.4) is 0 Å². The van der Waals surface area contributed by atoms with Gasteiger partial charge in [0.2, 0.25) is 5.91 Å². The molecule has 0 aromatic carbocycles. The van der Waals surface area contributed by atoms with Gasteiger partial charge in [0.25, 0.3) is 10.0 Å². The van der Waals surface area contributed by atoms with E-state index < -0.39 is 28.1 Å². The molecule has 0 radical (unpaired) electrons. The Hall–Kier alpha value is -1.51. The van der Waals surface area contributed by atoms with Crippen LogP contribution in [0.1, 0.15) is 25.0 Å². The number of carbonyl (C=O) groups is 1. The van der Waals surface area contributed by atoms with Crippen molar-refractivity contribution in [2.75, 3.05) is 6.54 Å². The van der Waals surface area contributed by atoms with Crippen LogP contribution in [0, 0.1) is 6.92 Å². The van der Waals surface area contributed by atoms with Crippen molar-refractivity contribution in [1.82, 2.24) is 9.29 Å². The molecule has 0 saturated carbocycles. The third-order valence-electron chi connectivity index (χ3n) is 3.53. The van der Waals surface area contributed by atoms with Crippen molar-refractivity contribution >= 4 is 15.9 Å². The number of sulfonamides is 1. The van der Waals surface area contributed by atoms with E-state index in [9.17, 15) is 18.3 Å². The highest BCUT2D eigenvalue weighted by atomic mass is 32.2. The predicted molar refractivity (Wildman–Crippen MR) is 75.7 cm³/mol. The van der Waals surface area contributed by atoms with Gasteiger partial charge in [-0.2, -0.15) is 4.31 Å². The molecule has 2 rings (SSSR count). The number of nitrogens with zero attached hydrogens (tertiary/aromatic N) is 2. The molecule has 1 aliphatic heterocycles. The number of carbonyl (C=O) groups excluding carboxylic acids is 1. The van der Waals surface area contributed by atoms with E-state index >= 15 is 0 Å². The Labute approximate surface area is 123 Å². The Morgan fingerprint density at radius 3 is 2.76 bits per heavy atom. The number of aliphatic hydroxyl groups is 1. The highest BCUT2D eigenvalue weighted by Crippen LogP contribution is 2.24. The van der Waals surface area contributed by atoms with E-state index in [1.54, 1.807) is 19.1 Å². The van der Waals surface area contributed by atoms with Crippen LogP contribution in [0.15, 0.2) is 23.2 Å². The topological polar surface area (TPSA) is 114 Å². The van der Waals surface area contributed by atoms with Gasteiger partial charge in [0.1, 0.15) is 6.04 Å². The van der Waals surface area contributed by atoms with Gasteiger partial charge in [0.05, 0.1) is 6.10 Å². The first-order valence-electron chi connectivity index (χ1n) is 6.77. The summed E-state index contributed by atoms with van der Waals surface area (Å²) < 4.78 is 26.4. The summed E-state index contributed by atoms with van der Waals surface area (Å²) in [5.74, 6) is -0.847. The lowest BCUT2D eigenvalue weighted by molar-refractivity contribution is -0.124. The van der Waals surface area contributed by atoms with Crippen molar-refractivity contribution < 1.29 is 18.3 Å². The number of aromatic nitrogens is 1. The summed E-state index contributed by atoms with van der Waals surface area (Å²) in [5, 5.41) is 9.89. The van der Waals surface area contributed by atoms with Gasteiger partial charge in [-0.3, -0.25) is 4.79 Å². The number of hydrogen-bond acceptors (Lipinski definition) is 5. The zero-order chi connectivity index (χ0) is 15.6. The molecule has 1 fully saturated rings. The average Bonchev–Trinajstić information content (AvgIpc) is 2.60. The van der Waals surface area contributed by atoms with Gasteiger partial charge < -0.3 is 10.8 Å². The summed E-state index contributed by atoms with van der Waals surface area (Å²) in [4.78, 5) is 15.6. The molecule has 2 heterocycles. The van der Waals surface area contributed by atoms with Crippen molar-refractivity contribution in [2.45, 2.75) is 43.4 Å². The Bertz CT molecular complexity index is 632. The lowest BCUT2D eigenvalue weighted by Gasteiger charge is -2.29. The second-order valence-electron chi connectivity index (χ2n) is 5.14. The van der Waals surface area contributed by atoms with Gasteiger partial charge in [-0.25, -0.2) is 13.4 Å². The zero-order valence-corrected chi connectivity index (χ0v) is 12.6. The number of aryl methyl sites for hydroxylation is 1. The predicted octanol–water partition coefficient (Wildman–Crippen LogP) is -0.221. The molecule has 1 saturated heterocycles. The van der Waals surface area contributed by atoms with E-state index in [1.807, 2.05) is 0 Å². The molecule has 2 atom stereocenters. The lowest BCUT2D eigenvalue weighted by Crippen LogP contribution is -2.53. The minimum absolute atomic E-state index is 0.136. The van der Waals surface area contributed by atoms with E-state index in [-0.39, 0.29) is 11.6 Å². The van der Waals surface area contributed by atoms with Crippen molar-refractivity contribution in [2.24, 2.45) is 5.73 Å². The van der Waals surface area contributed by atoms with Crippen LogP contribution >= 0.6 is 0 Å². The molecular formula is C13H19N3O4S. The molecule has 0 spiro atoms. The Kier molecular flexibility index (Phi) is 4.60. The summed E-state index contributed by atoms with van der Waals surface area (Å²) in [6.07, 6.45) is 0.454. The Morgan fingerprint density at radius 1 is 1.43 bits per heavy atom.